The van der Waals surface area contributed by atoms with E-state index in [1.54, 1.807) is 0 Å². The largest absolute Gasteiger partial charge is 0.464 e. The highest BCUT2D eigenvalue weighted by Crippen LogP contribution is 2.00. The van der Waals surface area contributed by atoms with E-state index in [0.29, 0.717) is 19.6 Å². The zero-order valence-electron chi connectivity index (χ0n) is 7.75. The summed E-state index contributed by atoms with van der Waals surface area (Å²) in [6, 6.07) is -0.511. The van der Waals surface area contributed by atoms with Crippen LogP contribution in [0.4, 0.5) is 0 Å². The number of carbonyl (C=O) groups is 1. The van der Waals surface area contributed by atoms with Crippen LogP contribution in [0.25, 0.3) is 0 Å². The Labute approximate surface area is 73.2 Å². The first-order chi connectivity index (χ1) is 5.59. The SMILES string of the molecule is CC(C)[C@H](N)C(=O)OCCCN. The molecule has 0 aliphatic carbocycles. The van der Waals surface area contributed by atoms with Gasteiger partial charge in [-0.2, -0.15) is 0 Å². The van der Waals surface area contributed by atoms with Crippen LogP contribution in [0.15, 0.2) is 0 Å². The summed E-state index contributed by atoms with van der Waals surface area (Å²) in [6.45, 7) is 4.67. The lowest BCUT2D eigenvalue weighted by Gasteiger charge is -2.13. The molecule has 0 fully saturated rings. The van der Waals surface area contributed by atoms with E-state index in [1.807, 2.05) is 13.8 Å². The molecule has 1 atom stereocenters. The van der Waals surface area contributed by atoms with Crippen LogP contribution in [0, 0.1) is 5.92 Å². The van der Waals surface area contributed by atoms with Crippen LogP contribution in [0.3, 0.4) is 0 Å². The van der Waals surface area contributed by atoms with Crippen molar-refractivity contribution in [2.75, 3.05) is 13.2 Å². The highest BCUT2D eigenvalue weighted by atomic mass is 16.5. The Morgan fingerprint density at radius 2 is 2.08 bits per heavy atom. The van der Waals surface area contributed by atoms with Crippen molar-refractivity contribution in [2.45, 2.75) is 26.3 Å². The van der Waals surface area contributed by atoms with Gasteiger partial charge in [0.05, 0.1) is 6.61 Å². The van der Waals surface area contributed by atoms with Crippen molar-refractivity contribution in [3.05, 3.63) is 0 Å². The molecule has 4 N–H and O–H groups in total. The molecule has 0 aromatic rings. The van der Waals surface area contributed by atoms with E-state index < -0.39 is 6.04 Å². The molecule has 0 amide bonds. The summed E-state index contributed by atoms with van der Waals surface area (Å²) in [7, 11) is 0. The van der Waals surface area contributed by atoms with Crippen molar-refractivity contribution >= 4 is 5.97 Å². The average molecular weight is 174 g/mol. The number of nitrogens with two attached hydrogens (primary N) is 2. The summed E-state index contributed by atoms with van der Waals surface area (Å²) in [6.07, 6.45) is 0.691. The number of esters is 1. The standard InChI is InChI=1S/C8H18N2O2/c1-6(2)7(10)8(11)12-5-3-4-9/h6-7H,3-5,9-10H2,1-2H3/t7-/m0/s1. The summed E-state index contributed by atoms with van der Waals surface area (Å²) in [5, 5.41) is 0. The van der Waals surface area contributed by atoms with Gasteiger partial charge in [-0.05, 0) is 18.9 Å². The molecule has 4 heteroatoms. The highest BCUT2D eigenvalue weighted by molar-refractivity contribution is 5.75. The smallest absolute Gasteiger partial charge is 0.323 e. The van der Waals surface area contributed by atoms with Crippen molar-refractivity contribution in [3.8, 4) is 0 Å². The molecule has 0 heterocycles. The average Bonchev–Trinajstić information content (AvgIpc) is 2.03. The van der Waals surface area contributed by atoms with Gasteiger partial charge in [-0.25, -0.2) is 0 Å². The summed E-state index contributed by atoms with van der Waals surface area (Å²) in [4.78, 5) is 11.1. The Morgan fingerprint density at radius 3 is 2.50 bits per heavy atom. The summed E-state index contributed by atoms with van der Waals surface area (Å²) in [5.41, 5.74) is 10.8. The molecule has 0 aliphatic rings. The molecule has 0 aromatic heterocycles. The molecule has 0 aromatic carbocycles. The van der Waals surface area contributed by atoms with Gasteiger partial charge in [0.2, 0.25) is 0 Å². The molecule has 0 saturated heterocycles. The zero-order valence-corrected chi connectivity index (χ0v) is 7.75. The van der Waals surface area contributed by atoms with Crippen molar-refractivity contribution in [1.29, 1.82) is 0 Å². The monoisotopic (exact) mass is 174 g/mol. The third kappa shape index (κ3) is 4.31. The number of ether oxygens (including phenoxy) is 1. The zero-order chi connectivity index (χ0) is 9.56. The van der Waals surface area contributed by atoms with Gasteiger partial charge in [0.25, 0.3) is 0 Å². The molecule has 0 rings (SSSR count). The van der Waals surface area contributed by atoms with Crippen molar-refractivity contribution in [2.24, 2.45) is 17.4 Å². The maximum Gasteiger partial charge on any atom is 0.323 e. The first kappa shape index (κ1) is 11.4. The number of hydrogen-bond donors (Lipinski definition) is 2. The molecule has 0 saturated carbocycles. The highest BCUT2D eigenvalue weighted by Gasteiger charge is 2.17. The summed E-state index contributed by atoms with van der Waals surface area (Å²) < 4.78 is 4.86. The molecule has 72 valence electrons. The maximum absolute atomic E-state index is 11.1. The minimum absolute atomic E-state index is 0.121. The molecule has 0 bridgehead atoms. The van der Waals surface area contributed by atoms with Gasteiger partial charge in [-0.1, -0.05) is 13.8 Å². The fraction of sp³-hybridized carbons (Fsp3) is 0.875. The lowest BCUT2D eigenvalue weighted by molar-refractivity contribution is -0.146. The summed E-state index contributed by atoms with van der Waals surface area (Å²) >= 11 is 0. The van der Waals surface area contributed by atoms with E-state index in [2.05, 4.69) is 0 Å². The second kappa shape index (κ2) is 5.97. The second-order valence-electron chi connectivity index (χ2n) is 3.08. The second-order valence-corrected chi connectivity index (χ2v) is 3.08. The molecule has 0 unspecified atom stereocenters. The third-order valence-corrected chi connectivity index (χ3v) is 1.58. The van der Waals surface area contributed by atoms with Crippen LogP contribution >= 0.6 is 0 Å². The van der Waals surface area contributed by atoms with Gasteiger partial charge in [0.15, 0.2) is 0 Å². The Hall–Kier alpha value is -0.610. The van der Waals surface area contributed by atoms with E-state index in [9.17, 15) is 4.79 Å². The van der Waals surface area contributed by atoms with Crippen LogP contribution in [0.5, 0.6) is 0 Å². The fourth-order valence-electron chi connectivity index (χ4n) is 0.624. The topological polar surface area (TPSA) is 78.3 Å². The number of rotatable bonds is 5. The van der Waals surface area contributed by atoms with Crippen LogP contribution in [0.2, 0.25) is 0 Å². The lowest BCUT2D eigenvalue weighted by atomic mass is 10.1. The van der Waals surface area contributed by atoms with E-state index >= 15 is 0 Å². The van der Waals surface area contributed by atoms with Crippen LogP contribution in [0.1, 0.15) is 20.3 Å². The van der Waals surface area contributed by atoms with E-state index in [0.717, 1.165) is 0 Å². The first-order valence-electron chi connectivity index (χ1n) is 4.22. The van der Waals surface area contributed by atoms with Crippen molar-refractivity contribution in [1.82, 2.24) is 0 Å². The van der Waals surface area contributed by atoms with Crippen LogP contribution in [-0.4, -0.2) is 25.2 Å². The van der Waals surface area contributed by atoms with Crippen LogP contribution < -0.4 is 11.5 Å². The molecule has 0 spiro atoms. The Balaban J connectivity index is 3.57. The predicted molar refractivity (Wildman–Crippen MR) is 47.4 cm³/mol. The van der Waals surface area contributed by atoms with Gasteiger partial charge >= 0.3 is 5.97 Å². The van der Waals surface area contributed by atoms with E-state index in [4.69, 9.17) is 16.2 Å². The Kier molecular flexibility index (Phi) is 5.66. The number of carbonyl (C=O) groups excluding carboxylic acids is 1. The van der Waals surface area contributed by atoms with Gasteiger partial charge in [0.1, 0.15) is 6.04 Å². The van der Waals surface area contributed by atoms with Gasteiger partial charge in [-0.3, -0.25) is 4.79 Å². The Bertz CT molecular complexity index is 137. The van der Waals surface area contributed by atoms with Crippen LogP contribution in [-0.2, 0) is 9.53 Å². The molecular formula is C8H18N2O2. The number of hydrogen-bond acceptors (Lipinski definition) is 4. The normalized spacial score (nSPS) is 13.1. The Morgan fingerprint density at radius 1 is 1.50 bits per heavy atom. The van der Waals surface area contributed by atoms with E-state index in [1.165, 1.54) is 0 Å². The lowest BCUT2D eigenvalue weighted by Crippen LogP contribution is -2.37. The molecule has 4 nitrogen and oxygen atoms in total. The summed E-state index contributed by atoms with van der Waals surface area (Å²) in [5.74, 6) is -0.214. The molecule has 0 radical (unpaired) electrons. The minimum Gasteiger partial charge on any atom is -0.464 e. The van der Waals surface area contributed by atoms with Crippen molar-refractivity contribution < 1.29 is 9.53 Å². The van der Waals surface area contributed by atoms with E-state index in [-0.39, 0.29) is 11.9 Å². The molecular weight excluding hydrogens is 156 g/mol. The quantitative estimate of drug-likeness (QED) is 0.449. The van der Waals surface area contributed by atoms with Crippen molar-refractivity contribution in [3.63, 3.8) is 0 Å². The molecule has 12 heavy (non-hydrogen) atoms. The maximum atomic E-state index is 11.1. The third-order valence-electron chi connectivity index (χ3n) is 1.58. The minimum atomic E-state index is -0.511. The van der Waals surface area contributed by atoms with Gasteiger partial charge in [-0.15, -0.1) is 0 Å². The first-order valence-corrected chi connectivity index (χ1v) is 4.22. The fourth-order valence-corrected chi connectivity index (χ4v) is 0.624. The van der Waals surface area contributed by atoms with Gasteiger partial charge < -0.3 is 16.2 Å². The predicted octanol–water partition coefficient (Wildman–Crippen LogP) is -0.138. The molecule has 0 aliphatic heterocycles. The van der Waals surface area contributed by atoms with Gasteiger partial charge in [0, 0.05) is 0 Å².